The van der Waals surface area contributed by atoms with Crippen LogP contribution in [0.15, 0.2) is 30.3 Å². The Morgan fingerprint density at radius 2 is 1.90 bits per heavy atom. The lowest BCUT2D eigenvalue weighted by atomic mass is 9.92. The summed E-state index contributed by atoms with van der Waals surface area (Å²) in [5.41, 5.74) is 3.85. The van der Waals surface area contributed by atoms with E-state index >= 15 is 0 Å². The third-order valence-electron chi connectivity index (χ3n) is 3.00. The van der Waals surface area contributed by atoms with Crippen LogP contribution in [0.5, 0.6) is 0 Å². The SMILES string of the molecule is CC(C)(C)c1cc(NN)nc(Cc2ccccc2F)n1. The van der Waals surface area contributed by atoms with E-state index < -0.39 is 0 Å². The highest BCUT2D eigenvalue weighted by atomic mass is 19.1. The molecule has 0 aliphatic rings. The summed E-state index contributed by atoms with van der Waals surface area (Å²) in [7, 11) is 0. The second-order valence-corrected chi connectivity index (χ2v) is 5.72. The number of nitrogens with two attached hydrogens (primary N) is 1. The van der Waals surface area contributed by atoms with Crippen LogP contribution in [0.25, 0.3) is 0 Å². The molecule has 5 heteroatoms. The van der Waals surface area contributed by atoms with Crippen molar-refractivity contribution in [3.05, 3.63) is 53.2 Å². The van der Waals surface area contributed by atoms with Gasteiger partial charge in [-0.25, -0.2) is 20.2 Å². The summed E-state index contributed by atoms with van der Waals surface area (Å²) in [5.74, 6) is 6.28. The molecule has 106 valence electrons. The highest BCUT2D eigenvalue weighted by Gasteiger charge is 2.18. The van der Waals surface area contributed by atoms with E-state index in [1.54, 1.807) is 18.2 Å². The van der Waals surface area contributed by atoms with Crippen LogP contribution in [0.3, 0.4) is 0 Å². The van der Waals surface area contributed by atoms with Crippen molar-refractivity contribution < 1.29 is 4.39 Å². The van der Waals surface area contributed by atoms with Gasteiger partial charge in [-0.3, -0.25) is 0 Å². The first kappa shape index (κ1) is 14.4. The van der Waals surface area contributed by atoms with Gasteiger partial charge in [0.2, 0.25) is 0 Å². The van der Waals surface area contributed by atoms with Crippen LogP contribution in [0, 0.1) is 5.82 Å². The van der Waals surface area contributed by atoms with Crippen LogP contribution in [-0.4, -0.2) is 9.97 Å². The lowest BCUT2D eigenvalue weighted by molar-refractivity contribution is 0.562. The van der Waals surface area contributed by atoms with Crippen molar-refractivity contribution in [2.24, 2.45) is 5.84 Å². The Morgan fingerprint density at radius 3 is 2.50 bits per heavy atom. The fourth-order valence-electron chi connectivity index (χ4n) is 1.85. The Balaban J connectivity index is 2.39. The van der Waals surface area contributed by atoms with Crippen LogP contribution in [0.2, 0.25) is 0 Å². The number of hydrogen-bond donors (Lipinski definition) is 2. The van der Waals surface area contributed by atoms with Gasteiger partial charge in [0, 0.05) is 17.9 Å². The summed E-state index contributed by atoms with van der Waals surface area (Å²) in [6, 6.07) is 8.44. The van der Waals surface area contributed by atoms with Crippen molar-refractivity contribution in [1.82, 2.24) is 9.97 Å². The third-order valence-corrected chi connectivity index (χ3v) is 3.00. The average molecular weight is 274 g/mol. The van der Waals surface area contributed by atoms with Gasteiger partial charge in [0.25, 0.3) is 0 Å². The smallest absolute Gasteiger partial charge is 0.143 e. The standard InChI is InChI=1S/C15H19FN4/c1-15(2,3)12-9-14(20-17)19-13(18-12)8-10-6-4-5-7-11(10)16/h4-7,9H,8,17H2,1-3H3,(H,18,19,20). The van der Waals surface area contributed by atoms with Crippen molar-refractivity contribution in [2.45, 2.75) is 32.6 Å². The molecule has 0 bridgehead atoms. The molecular formula is C15H19FN4. The summed E-state index contributed by atoms with van der Waals surface area (Å²) < 4.78 is 13.7. The van der Waals surface area contributed by atoms with Gasteiger partial charge in [-0.05, 0) is 11.6 Å². The zero-order chi connectivity index (χ0) is 14.8. The summed E-state index contributed by atoms with van der Waals surface area (Å²) in [4.78, 5) is 8.80. The van der Waals surface area contributed by atoms with Gasteiger partial charge in [-0.15, -0.1) is 0 Å². The van der Waals surface area contributed by atoms with E-state index in [0.29, 0.717) is 23.6 Å². The summed E-state index contributed by atoms with van der Waals surface area (Å²) in [6.45, 7) is 6.17. The zero-order valence-electron chi connectivity index (χ0n) is 11.9. The molecule has 2 aromatic rings. The number of halogens is 1. The quantitative estimate of drug-likeness (QED) is 0.667. The normalized spacial score (nSPS) is 11.4. The van der Waals surface area contributed by atoms with Crippen molar-refractivity contribution in [2.75, 3.05) is 5.43 Å². The maximum atomic E-state index is 13.7. The van der Waals surface area contributed by atoms with Gasteiger partial charge in [0.1, 0.15) is 17.5 Å². The third kappa shape index (κ3) is 3.30. The van der Waals surface area contributed by atoms with Crippen LogP contribution < -0.4 is 11.3 Å². The first-order valence-electron chi connectivity index (χ1n) is 6.48. The number of nitrogen functional groups attached to an aromatic ring is 1. The summed E-state index contributed by atoms with van der Waals surface area (Å²) in [6.07, 6.45) is 0.339. The fourth-order valence-corrected chi connectivity index (χ4v) is 1.85. The monoisotopic (exact) mass is 274 g/mol. The molecule has 1 heterocycles. The molecule has 0 spiro atoms. The van der Waals surface area contributed by atoms with E-state index in [1.807, 2.05) is 6.07 Å². The first-order valence-corrected chi connectivity index (χ1v) is 6.48. The predicted molar refractivity (Wildman–Crippen MR) is 77.7 cm³/mol. The Bertz CT molecular complexity index is 605. The van der Waals surface area contributed by atoms with E-state index in [-0.39, 0.29) is 11.2 Å². The molecule has 2 rings (SSSR count). The number of hydrazine groups is 1. The van der Waals surface area contributed by atoms with E-state index in [4.69, 9.17) is 5.84 Å². The molecule has 0 radical (unpaired) electrons. The number of aromatic nitrogens is 2. The second-order valence-electron chi connectivity index (χ2n) is 5.72. The molecule has 20 heavy (non-hydrogen) atoms. The molecule has 0 aliphatic heterocycles. The molecule has 0 fully saturated rings. The Hall–Kier alpha value is -2.01. The van der Waals surface area contributed by atoms with Gasteiger partial charge in [0.15, 0.2) is 0 Å². The van der Waals surface area contributed by atoms with Crippen molar-refractivity contribution in [3.8, 4) is 0 Å². The Morgan fingerprint density at radius 1 is 1.20 bits per heavy atom. The molecule has 4 nitrogen and oxygen atoms in total. The lowest BCUT2D eigenvalue weighted by Gasteiger charge is -2.19. The van der Waals surface area contributed by atoms with Gasteiger partial charge in [0.05, 0.1) is 5.69 Å². The Labute approximate surface area is 118 Å². The maximum Gasteiger partial charge on any atom is 0.143 e. The summed E-state index contributed by atoms with van der Waals surface area (Å²) >= 11 is 0. The van der Waals surface area contributed by atoms with Crippen molar-refractivity contribution in [3.63, 3.8) is 0 Å². The average Bonchev–Trinajstić information content (AvgIpc) is 2.40. The predicted octanol–water partition coefficient (Wildman–Crippen LogP) is 2.79. The van der Waals surface area contributed by atoms with E-state index in [2.05, 4.69) is 36.2 Å². The highest BCUT2D eigenvalue weighted by molar-refractivity contribution is 5.37. The minimum atomic E-state index is -0.250. The lowest BCUT2D eigenvalue weighted by Crippen LogP contribution is -2.18. The second kappa shape index (κ2) is 5.54. The van der Waals surface area contributed by atoms with E-state index in [0.717, 1.165) is 5.69 Å². The highest BCUT2D eigenvalue weighted by Crippen LogP contribution is 2.23. The van der Waals surface area contributed by atoms with Crippen LogP contribution in [-0.2, 0) is 11.8 Å². The number of benzene rings is 1. The van der Waals surface area contributed by atoms with E-state index in [1.165, 1.54) is 6.07 Å². The minimum absolute atomic E-state index is 0.126. The molecule has 3 N–H and O–H groups in total. The molecule has 0 atom stereocenters. The Kier molecular flexibility index (Phi) is 3.99. The van der Waals surface area contributed by atoms with Crippen LogP contribution >= 0.6 is 0 Å². The molecular weight excluding hydrogens is 255 g/mol. The molecule has 0 amide bonds. The number of rotatable bonds is 3. The van der Waals surface area contributed by atoms with Crippen LogP contribution in [0.1, 0.15) is 37.9 Å². The first-order chi connectivity index (χ1) is 9.40. The molecule has 0 unspecified atom stereocenters. The van der Waals surface area contributed by atoms with E-state index in [9.17, 15) is 4.39 Å². The van der Waals surface area contributed by atoms with Gasteiger partial charge in [-0.2, -0.15) is 0 Å². The summed E-state index contributed by atoms with van der Waals surface area (Å²) in [5, 5.41) is 0. The maximum absolute atomic E-state index is 13.7. The molecule has 0 aliphatic carbocycles. The zero-order valence-corrected chi connectivity index (χ0v) is 11.9. The largest absolute Gasteiger partial charge is 0.308 e. The number of nitrogens with zero attached hydrogens (tertiary/aromatic N) is 2. The van der Waals surface area contributed by atoms with Gasteiger partial charge < -0.3 is 5.43 Å². The van der Waals surface area contributed by atoms with Crippen molar-refractivity contribution in [1.29, 1.82) is 0 Å². The number of nitrogens with one attached hydrogen (secondary N) is 1. The minimum Gasteiger partial charge on any atom is -0.308 e. The van der Waals surface area contributed by atoms with Crippen molar-refractivity contribution >= 4 is 5.82 Å². The fraction of sp³-hybridized carbons (Fsp3) is 0.333. The molecule has 1 aromatic heterocycles. The van der Waals surface area contributed by atoms with Gasteiger partial charge >= 0.3 is 0 Å². The number of hydrogen-bond acceptors (Lipinski definition) is 4. The topological polar surface area (TPSA) is 63.8 Å². The van der Waals surface area contributed by atoms with Crippen LogP contribution in [0.4, 0.5) is 10.2 Å². The van der Waals surface area contributed by atoms with Gasteiger partial charge in [-0.1, -0.05) is 39.0 Å². The molecule has 1 aromatic carbocycles. The number of anilines is 1. The molecule has 0 saturated heterocycles. The molecule has 0 saturated carbocycles.